The number of amides is 1. The first kappa shape index (κ1) is 24.5. The number of hydrogen-bond donors (Lipinski definition) is 2. The molecule has 1 atom stereocenters. The first-order valence-corrected chi connectivity index (χ1v) is 11.5. The molecule has 0 bridgehead atoms. The van der Waals surface area contributed by atoms with Gasteiger partial charge >= 0.3 is 11.9 Å². The standard InChI is InChI=1S/C24H23NO6S2/c1-2-6-18(20(22(27)28)23(29)30)25-21(26)19(33-24(25)32)13-15-9-11-17(12-10-15)31-14-16-7-4-3-5-8-16/h3-5,7-13,18,20H,2,6,14H2,1H3,(H,27,28)(H,29,30). The van der Waals surface area contributed by atoms with Crippen molar-refractivity contribution in [2.75, 3.05) is 0 Å². The van der Waals surface area contributed by atoms with Crippen LogP contribution in [-0.2, 0) is 21.0 Å². The van der Waals surface area contributed by atoms with Gasteiger partial charge in [-0.3, -0.25) is 19.3 Å². The van der Waals surface area contributed by atoms with Gasteiger partial charge in [-0.15, -0.1) is 0 Å². The number of carboxylic acids is 2. The molecule has 2 N–H and O–H groups in total. The van der Waals surface area contributed by atoms with Crippen LogP contribution in [0.15, 0.2) is 59.5 Å². The number of thiocarbonyl (C=S) groups is 1. The molecule has 1 unspecified atom stereocenters. The fourth-order valence-electron chi connectivity index (χ4n) is 3.49. The highest BCUT2D eigenvalue weighted by molar-refractivity contribution is 8.26. The van der Waals surface area contributed by atoms with Crippen LogP contribution in [0.5, 0.6) is 5.75 Å². The lowest BCUT2D eigenvalue weighted by atomic mass is 9.94. The lowest BCUT2D eigenvalue weighted by Gasteiger charge is -2.29. The van der Waals surface area contributed by atoms with Crippen LogP contribution in [-0.4, -0.2) is 43.3 Å². The second kappa shape index (κ2) is 11.1. The zero-order valence-corrected chi connectivity index (χ0v) is 19.5. The Kier molecular flexibility index (Phi) is 8.24. The number of aliphatic carboxylic acids is 2. The van der Waals surface area contributed by atoms with Gasteiger partial charge < -0.3 is 14.9 Å². The summed E-state index contributed by atoms with van der Waals surface area (Å²) in [6, 6.07) is 15.9. The average Bonchev–Trinajstić information content (AvgIpc) is 3.05. The van der Waals surface area contributed by atoms with Gasteiger partial charge in [0.2, 0.25) is 0 Å². The van der Waals surface area contributed by atoms with E-state index in [1.54, 1.807) is 37.3 Å². The van der Waals surface area contributed by atoms with Crippen LogP contribution in [0.25, 0.3) is 6.08 Å². The molecule has 9 heteroatoms. The minimum Gasteiger partial charge on any atom is -0.489 e. The van der Waals surface area contributed by atoms with Crippen molar-refractivity contribution < 1.29 is 29.3 Å². The van der Waals surface area contributed by atoms with Crippen LogP contribution < -0.4 is 4.74 Å². The molecule has 0 saturated carbocycles. The van der Waals surface area contributed by atoms with Crippen LogP contribution in [0.4, 0.5) is 0 Å². The highest BCUT2D eigenvalue weighted by Crippen LogP contribution is 2.37. The Morgan fingerprint density at radius 3 is 2.30 bits per heavy atom. The van der Waals surface area contributed by atoms with E-state index < -0.39 is 29.8 Å². The zero-order chi connectivity index (χ0) is 24.0. The number of benzene rings is 2. The van der Waals surface area contributed by atoms with Crippen molar-refractivity contribution in [1.29, 1.82) is 0 Å². The third kappa shape index (κ3) is 6.00. The van der Waals surface area contributed by atoms with Crippen LogP contribution >= 0.6 is 24.0 Å². The first-order valence-electron chi connectivity index (χ1n) is 10.3. The fraction of sp³-hybridized carbons (Fsp3) is 0.250. The molecule has 1 fully saturated rings. The Bertz CT molecular complexity index is 1050. The van der Waals surface area contributed by atoms with Gasteiger partial charge in [0.1, 0.15) is 16.7 Å². The Hall–Kier alpha value is -3.17. The molecule has 1 amide bonds. The number of rotatable bonds is 10. The second-order valence-electron chi connectivity index (χ2n) is 7.41. The smallest absolute Gasteiger partial charge is 0.320 e. The van der Waals surface area contributed by atoms with Gasteiger partial charge in [0.25, 0.3) is 5.91 Å². The van der Waals surface area contributed by atoms with Crippen molar-refractivity contribution in [1.82, 2.24) is 4.90 Å². The van der Waals surface area contributed by atoms with E-state index in [1.165, 1.54) is 0 Å². The van der Waals surface area contributed by atoms with E-state index in [4.69, 9.17) is 17.0 Å². The summed E-state index contributed by atoms with van der Waals surface area (Å²) >= 11 is 6.35. The van der Waals surface area contributed by atoms with Crippen LogP contribution in [0, 0.1) is 5.92 Å². The third-order valence-electron chi connectivity index (χ3n) is 5.08. The molecule has 7 nitrogen and oxygen atoms in total. The Labute approximate surface area is 201 Å². The molecule has 2 aromatic carbocycles. The predicted octanol–water partition coefficient (Wildman–Crippen LogP) is 4.42. The number of nitrogens with zero attached hydrogens (tertiary/aromatic N) is 1. The first-order chi connectivity index (χ1) is 15.8. The van der Waals surface area contributed by atoms with E-state index in [0.717, 1.165) is 27.8 Å². The van der Waals surface area contributed by atoms with E-state index in [2.05, 4.69) is 0 Å². The minimum atomic E-state index is -1.76. The van der Waals surface area contributed by atoms with Crippen molar-refractivity contribution in [3.63, 3.8) is 0 Å². The molecule has 3 rings (SSSR count). The number of carbonyl (C=O) groups excluding carboxylic acids is 1. The quantitative estimate of drug-likeness (QED) is 0.290. The number of carbonyl (C=O) groups is 3. The number of carboxylic acid groups (broad SMARTS) is 2. The molecular weight excluding hydrogens is 462 g/mol. The summed E-state index contributed by atoms with van der Waals surface area (Å²) in [5.41, 5.74) is 1.79. The van der Waals surface area contributed by atoms with Crippen molar-refractivity contribution in [3.8, 4) is 5.75 Å². The molecule has 1 heterocycles. The van der Waals surface area contributed by atoms with E-state index in [1.807, 2.05) is 30.3 Å². The molecule has 1 saturated heterocycles. The summed E-state index contributed by atoms with van der Waals surface area (Å²) < 4.78 is 5.92. The number of ether oxygens (including phenoxy) is 1. The summed E-state index contributed by atoms with van der Waals surface area (Å²) in [6.07, 6.45) is 2.36. The van der Waals surface area contributed by atoms with Crippen molar-refractivity contribution in [2.24, 2.45) is 5.92 Å². The van der Waals surface area contributed by atoms with Gasteiger partial charge in [-0.1, -0.05) is 79.8 Å². The maximum atomic E-state index is 13.1. The molecule has 0 radical (unpaired) electrons. The SMILES string of the molecule is CCCC(C(C(=O)O)C(=O)O)N1C(=O)C(=Cc2ccc(OCc3ccccc3)cc2)SC1=S. The number of hydrogen-bond acceptors (Lipinski definition) is 6. The van der Waals surface area contributed by atoms with Crippen LogP contribution in [0.3, 0.4) is 0 Å². The lowest BCUT2D eigenvalue weighted by Crippen LogP contribution is -2.48. The Balaban J connectivity index is 1.75. The maximum Gasteiger partial charge on any atom is 0.320 e. The van der Waals surface area contributed by atoms with Crippen molar-refractivity contribution in [3.05, 3.63) is 70.6 Å². The summed E-state index contributed by atoms with van der Waals surface area (Å²) in [7, 11) is 0. The third-order valence-corrected chi connectivity index (χ3v) is 6.41. The fourth-order valence-corrected chi connectivity index (χ4v) is 4.87. The van der Waals surface area contributed by atoms with E-state index >= 15 is 0 Å². The largest absolute Gasteiger partial charge is 0.489 e. The van der Waals surface area contributed by atoms with Crippen molar-refractivity contribution >= 4 is 52.2 Å². The normalized spacial score (nSPS) is 15.8. The van der Waals surface area contributed by atoms with E-state index in [9.17, 15) is 24.6 Å². The highest BCUT2D eigenvalue weighted by Gasteiger charge is 2.45. The predicted molar refractivity (Wildman–Crippen MR) is 130 cm³/mol. The number of thioether (sulfide) groups is 1. The molecule has 0 aromatic heterocycles. The molecule has 1 aliphatic rings. The van der Waals surface area contributed by atoms with Crippen LogP contribution in [0.2, 0.25) is 0 Å². The lowest BCUT2D eigenvalue weighted by molar-refractivity contribution is -0.157. The second-order valence-corrected chi connectivity index (χ2v) is 9.08. The van der Waals surface area contributed by atoms with Gasteiger partial charge in [-0.05, 0) is 35.8 Å². The topological polar surface area (TPSA) is 104 Å². The Morgan fingerprint density at radius 2 is 1.73 bits per heavy atom. The Morgan fingerprint density at radius 1 is 1.09 bits per heavy atom. The van der Waals surface area contributed by atoms with Gasteiger partial charge in [0.15, 0.2) is 5.92 Å². The minimum absolute atomic E-state index is 0.153. The van der Waals surface area contributed by atoms with Gasteiger partial charge in [-0.25, -0.2) is 0 Å². The molecule has 0 aliphatic carbocycles. The summed E-state index contributed by atoms with van der Waals surface area (Å²) in [5.74, 6) is -4.55. The monoisotopic (exact) mass is 485 g/mol. The average molecular weight is 486 g/mol. The van der Waals surface area contributed by atoms with Gasteiger partial charge in [0, 0.05) is 0 Å². The summed E-state index contributed by atoms with van der Waals surface area (Å²) in [5, 5.41) is 18.8. The molecule has 33 heavy (non-hydrogen) atoms. The molecule has 2 aromatic rings. The van der Waals surface area contributed by atoms with Gasteiger partial charge in [-0.2, -0.15) is 0 Å². The van der Waals surface area contributed by atoms with Crippen molar-refractivity contribution in [2.45, 2.75) is 32.4 Å². The molecule has 172 valence electrons. The summed E-state index contributed by atoms with van der Waals surface area (Å²) in [6.45, 7) is 2.23. The summed E-state index contributed by atoms with van der Waals surface area (Å²) in [4.78, 5) is 37.7. The maximum absolute atomic E-state index is 13.1. The molecular formula is C24H23NO6S2. The highest BCUT2D eigenvalue weighted by atomic mass is 32.2. The zero-order valence-electron chi connectivity index (χ0n) is 17.8. The van der Waals surface area contributed by atoms with Crippen LogP contribution in [0.1, 0.15) is 30.9 Å². The molecule has 1 aliphatic heterocycles. The van der Waals surface area contributed by atoms with E-state index in [0.29, 0.717) is 23.7 Å². The van der Waals surface area contributed by atoms with Gasteiger partial charge in [0.05, 0.1) is 10.9 Å². The van der Waals surface area contributed by atoms with E-state index in [-0.39, 0.29) is 10.7 Å². The molecule has 0 spiro atoms.